The summed E-state index contributed by atoms with van der Waals surface area (Å²) in [4.78, 5) is 2.03. The summed E-state index contributed by atoms with van der Waals surface area (Å²) in [5.74, 6) is -0.239. The van der Waals surface area contributed by atoms with Crippen molar-refractivity contribution >= 4 is 5.69 Å². The number of nitrogens with zero attached hydrogens (tertiary/aromatic N) is 1. The molecule has 0 aromatic heterocycles. The summed E-state index contributed by atoms with van der Waals surface area (Å²) in [7, 11) is 3.60. The molecule has 3 nitrogen and oxygen atoms in total. The van der Waals surface area contributed by atoms with Crippen molar-refractivity contribution in [2.75, 3.05) is 25.6 Å². The van der Waals surface area contributed by atoms with Crippen LogP contribution in [0.15, 0.2) is 24.3 Å². The van der Waals surface area contributed by atoms with Gasteiger partial charge in [0.15, 0.2) is 0 Å². The largest absolute Gasteiger partial charge is 0.379 e. The van der Waals surface area contributed by atoms with Crippen LogP contribution >= 0.6 is 0 Å². The third kappa shape index (κ3) is 2.76. The zero-order valence-electron chi connectivity index (χ0n) is 10.9. The molecule has 2 atom stereocenters. The predicted octanol–water partition coefficient (Wildman–Crippen LogP) is 2.01. The number of hydrogen-bond donors (Lipinski definition) is 1. The van der Waals surface area contributed by atoms with Gasteiger partial charge in [0.25, 0.3) is 0 Å². The van der Waals surface area contributed by atoms with Crippen LogP contribution in [0.5, 0.6) is 0 Å². The van der Waals surface area contributed by atoms with Crippen molar-refractivity contribution in [1.29, 1.82) is 0 Å². The van der Waals surface area contributed by atoms with Crippen LogP contribution in [0, 0.1) is 5.82 Å². The minimum absolute atomic E-state index is 0.0254. The van der Waals surface area contributed by atoms with Crippen LogP contribution in [0.1, 0.15) is 13.8 Å². The number of halogens is 1. The molecule has 0 spiro atoms. The molecule has 96 valence electrons. The van der Waals surface area contributed by atoms with E-state index in [-0.39, 0.29) is 17.5 Å². The van der Waals surface area contributed by atoms with Crippen LogP contribution < -0.4 is 10.6 Å². The predicted molar refractivity (Wildman–Crippen MR) is 68.7 cm³/mol. The van der Waals surface area contributed by atoms with E-state index in [0.717, 1.165) is 5.69 Å². The van der Waals surface area contributed by atoms with Crippen LogP contribution in [0.3, 0.4) is 0 Å². The molecular weight excluding hydrogens is 219 g/mol. The number of benzene rings is 1. The van der Waals surface area contributed by atoms with Crippen molar-refractivity contribution in [3.05, 3.63) is 30.1 Å². The van der Waals surface area contributed by atoms with Gasteiger partial charge in [-0.2, -0.15) is 0 Å². The van der Waals surface area contributed by atoms with E-state index in [1.165, 1.54) is 12.1 Å². The van der Waals surface area contributed by atoms with Crippen LogP contribution in [-0.4, -0.2) is 32.3 Å². The monoisotopic (exact) mass is 240 g/mol. The van der Waals surface area contributed by atoms with Gasteiger partial charge in [-0.05, 0) is 38.1 Å². The lowest BCUT2D eigenvalue weighted by Crippen LogP contribution is -2.57. The molecule has 1 aromatic carbocycles. The minimum atomic E-state index is -0.327. The molecule has 17 heavy (non-hydrogen) atoms. The lowest BCUT2D eigenvalue weighted by atomic mass is 9.93. The molecular formula is C13H21FN2O. The van der Waals surface area contributed by atoms with E-state index in [1.54, 1.807) is 19.2 Å². The number of likely N-dealkylation sites (N-methyl/N-ethyl adjacent to an activating group) is 1. The highest BCUT2D eigenvalue weighted by Gasteiger charge is 2.34. The van der Waals surface area contributed by atoms with Crippen molar-refractivity contribution in [2.45, 2.75) is 25.5 Å². The lowest BCUT2D eigenvalue weighted by molar-refractivity contribution is 0.0579. The summed E-state index contributed by atoms with van der Waals surface area (Å²) in [5, 5.41) is 0. The molecule has 0 heterocycles. The zero-order chi connectivity index (χ0) is 13.1. The fourth-order valence-corrected chi connectivity index (χ4v) is 1.79. The average Bonchev–Trinajstić information content (AvgIpc) is 2.36. The van der Waals surface area contributed by atoms with E-state index in [9.17, 15) is 4.39 Å². The Morgan fingerprint density at radius 1 is 1.41 bits per heavy atom. The number of nitrogens with two attached hydrogens (primary N) is 1. The van der Waals surface area contributed by atoms with Gasteiger partial charge in [0.1, 0.15) is 5.82 Å². The molecule has 0 saturated heterocycles. The van der Waals surface area contributed by atoms with Gasteiger partial charge < -0.3 is 15.4 Å². The van der Waals surface area contributed by atoms with Crippen LogP contribution in [-0.2, 0) is 4.74 Å². The molecule has 0 amide bonds. The van der Waals surface area contributed by atoms with E-state index in [2.05, 4.69) is 0 Å². The second-order valence-electron chi connectivity index (χ2n) is 4.47. The van der Waals surface area contributed by atoms with Gasteiger partial charge in [-0.1, -0.05) is 0 Å². The van der Waals surface area contributed by atoms with Crippen molar-refractivity contribution in [3.63, 3.8) is 0 Å². The van der Waals surface area contributed by atoms with E-state index in [4.69, 9.17) is 10.5 Å². The van der Waals surface area contributed by atoms with Crippen LogP contribution in [0.25, 0.3) is 0 Å². The van der Waals surface area contributed by atoms with Gasteiger partial charge >= 0.3 is 0 Å². The summed E-state index contributed by atoms with van der Waals surface area (Å²) in [6.45, 7) is 4.47. The molecule has 0 saturated carbocycles. The first-order valence-corrected chi connectivity index (χ1v) is 5.68. The first kappa shape index (κ1) is 13.9. The van der Waals surface area contributed by atoms with Gasteiger partial charge in [0.2, 0.25) is 0 Å². The number of methoxy groups -OCH3 is 1. The molecule has 0 radical (unpaired) electrons. The Morgan fingerprint density at radius 3 is 2.35 bits per heavy atom. The number of hydrogen-bond acceptors (Lipinski definition) is 3. The maximum atomic E-state index is 12.9. The molecule has 0 aliphatic heterocycles. The summed E-state index contributed by atoms with van der Waals surface area (Å²) < 4.78 is 18.3. The minimum Gasteiger partial charge on any atom is -0.379 e. The average molecular weight is 240 g/mol. The molecule has 1 aromatic rings. The van der Waals surface area contributed by atoms with Crippen LogP contribution in [0.2, 0.25) is 0 Å². The highest BCUT2D eigenvalue weighted by molar-refractivity contribution is 5.48. The second-order valence-corrected chi connectivity index (χ2v) is 4.47. The van der Waals surface area contributed by atoms with Gasteiger partial charge in [-0.25, -0.2) is 4.39 Å². The Hall–Kier alpha value is -1.13. The van der Waals surface area contributed by atoms with Gasteiger partial charge in [0, 0.05) is 26.4 Å². The Bertz CT molecular complexity index is 355. The molecule has 0 aliphatic carbocycles. The molecule has 0 fully saturated rings. The molecule has 0 bridgehead atoms. The fraction of sp³-hybridized carbons (Fsp3) is 0.538. The van der Waals surface area contributed by atoms with Crippen molar-refractivity contribution in [3.8, 4) is 0 Å². The highest BCUT2D eigenvalue weighted by atomic mass is 19.1. The summed E-state index contributed by atoms with van der Waals surface area (Å²) in [6, 6.07) is 6.37. The smallest absolute Gasteiger partial charge is 0.123 e. The van der Waals surface area contributed by atoms with E-state index in [0.29, 0.717) is 6.54 Å². The maximum Gasteiger partial charge on any atom is 0.123 e. The van der Waals surface area contributed by atoms with Crippen molar-refractivity contribution < 1.29 is 9.13 Å². The third-order valence-electron chi connectivity index (χ3n) is 3.62. The topological polar surface area (TPSA) is 38.5 Å². The number of anilines is 1. The fourth-order valence-electron chi connectivity index (χ4n) is 1.79. The highest BCUT2D eigenvalue weighted by Crippen LogP contribution is 2.26. The summed E-state index contributed by atoms with van der Waals surface area (Å²) in [5.41, 5.74) is 6.45. The number of ether oxygens (including phenoxy) is 1. The van der Waals surface area contributed by atoms with Crippen molar-refractivity contribution in [2.24, 2.45) is 5.73 Å². The maximum absolute atomic E-state index is 12.9. The van der Waals surface area contributed by atoms with Crippen LogP contribution in [0.4, 0.5) is 10.1 Å². The Kier molecular flexibility index (Phi) is 4.48. The van der Waals surface area contributed by atoms with E-state index < -0.39 is 0 Å². The van der Waals surface area contributed by atoms with Gasteiger partial charge in [0.05, 0.1) is 11.6 Å². The Labute approximate surface area is 102 Å². The SMILES string of the molecule is COC(C)C(C)(CN)N(C)c1ccc(F)cc1. The third-order valence-corrected chi connectivity index (χ3v) is 3.62. The van der Waals surface area contributed by atoms with Gasteiger partial charge in [-0.3, -0.25) is 0 Å². The molecule has 1 rings (SSSR count). The molecule has 2 unspecified atom stereocenters. The number of rotatable bonds is 5. The second kappa shape index (κ2) is 5.47. The summed E-state index contributed by atoms with van der Waals surface area (Å²) in [6.07, 6.45) is -0.0254. The Morgan fingerprint density at radius 2 is 1.94 bits per heavy atom. The first-order chi connectivity index (χ1) is 7.95. The molecule has 0 aliphatic rings. The van der Waals surface area contributed by atoms with Gasteiger partial charge in [-0.15, -0.1) is 0 Å². The molecule has 4 heteroatoms. The normalized spacial score (nSPS) is 16.4. The molecule has 2 N–H and O–H groups in total. The first-order valence-electron chi connectivity index (χ1n) is 5.68. The quantitative estimate of drug-likeness (QED) is 0.855. The standard InChI is InChI=1S/C13H21FN2O/c1-10(17-4)13(2,9-15)16(3)12-7-5-11(14)6-8-12/h5-8,10H,9,15H2,1-4H3. The lowest BCUT2D eigenvalue weighted by Gasteiger charge is -2.43. The zero-order valence-corrected chi connectivity index (χ0v) is 10.9. The van der Waals surface area contributed by atoms with E-state index in [1.807, 2.05) is 25.8 Å². The van der Waals surface area contributed by atoms with Crippen molar-refractivity contribution in [1.82, 2.24) is 0 Å². The van der Waals surface area contributed by atoms with E-state index >= 15 is 0 Å². The Balaban J connectivity index is 3.00. The summed E-state index contributed by atoms with van der Waals surface area (Å²) >= 11 is 0.